The molecule has 2 aliphatic heterocycles. The highest BCUT2D eigenvalue weighted by molar-refractivity contribution is 5.71. The normalized spacial score (nSPS) is 27.0. The SMILES string of the molecule is NC(=O)NCCNC1CCOC2(CCOCC2)C1. The van der Waals surface area contributed by atoms with Gasteiger partial charge in [0.05, 0.1) is 5.60 Å². The average Bonchev–Trinajstić information content (AvgIpc) is 2.36. The Morgan fingerprint density at radius 3 is 2.78 bits per heavy atom. The maximum atomic E-state index is 10.5. The minimum absolute atomic E-state index is 0.0191. The number of rotatable bonds is 4. The van der Waals surface area contributed by atoms with E-state index in [-0.39, 0.29) is 5.60 Å². The predicted octanol–water partition coefficient (Wildman–Crippen LogP) is -0.0275. The maximum Gasteiger partial charge on any atom is 0.312 e. The summed E-state index contributed by atoms with van der Waals surface area (Å²) in [5.74, 6) is 0. The molecule has 0 bridgehead atoms. The minimum Gasteiger partial charge on any atom is -0.381 e. The van der Waals surface area contributed by atoms with Gasteiger partial charge in [-0.05, 0) is 25.7 Å². The Labute approximate surface area is 108 Å². The quantitative estimate of drug-likeness (QED) is 0.617. The second-order valence-corrected chi connectivity index (χ2v) is 5.08. The molecule has 2 fully saturated rings. The number of ether oxygens (including phenoxy) is 2. The molecule has 1 spiro atoms. The highest BCUT2D eigenvalue weighted by Gasteiger charge is 2.38. The van der Waals surface area contributed by atoms with Gasteiger partial charge in [-0.3, -0.25) is 0 Å². The second kappa shape index (κ2) is 6.36. The molecule has 2 amide bonds. The van der Waals surface area contributed by atoms with Crippen LogP contribution in [0.1, 0.15) is 25.7 Å². The van der Waals surface area contributed by atoms with Gasteiger partial charge in [0.25, 0.3) is 0 Å². The van der Waals surface area contributed by atoms with Crippen LogP contribution in [-0.4, -0.2) is 50.6 Å². The Morgan fingerprint density at radius 2 is 2.06 bits per heavy atom. The van der Waals surface area contributed by atoms with E-state index in [9.17, 15) is 4.79 Å². The third-order valence-electron chi connectivity index (χ3n) is 3.75. The van der Waals surface area contributed by atoms with Gasteiger partial charge in [0.1, 0.15) is 0 Å². The van der Waals surface area contributed by atoms with Crippen molar-refractivity contribution in [1.82, 2.24) is 10.6 Å². The fourth-order valence-electron chi connectivity index (χ4n) is 2.76. The maximum absolute atomic E-state index is 10.5. The Hall–Kier alpha value is -0.850. The van der Waals surface area contributed by atoms with E-state index in [1.165, 1.54) is 0 Å². The zero-order chi connectivity index (χ0) is 12.8. The van der Waals surface area contributed by atoms with Crippen molar-refractivity contribution in [2.24, 2.45) is 5.73 Å². The van der Waals surface area contributed by atoms with Crippen LogP contribution in [0.5, 0.6) is 0 Å². The summed E-state index contributed by atoms with van der Waals surface area (Å²) >= 11 is 0. The molecule has 2 rings (SSSR count). The van der Waals surface area contributed by atoms with Crippen molar-refractivity contribution < 1.29 is 14.3 Å². The molecule has 0 saturated carbocycles. The first-order valence-electron chi connectivity index (χ1n) is 6.69. The van der Waals surface area contributed by atoms with Gasteiger partial charge in [-0.15, -0.1) is 0 Å². The van der Waals surface area contributed by atoms with Gasteiger partial charge in [-0.2, -0.15) is 0 Å². The molecule has 0 aromatic rings. The number of carbonyl (C=O) groups excluding carboxylic acids is 1. The highest BCUT2D eigenvalue weighted by atomic mass is 16.5. The van der Waals surface area contributed by atoms with Crippen LogP contribution in [0.25, 0.3) is 0 Å². The van der Waals surface area contributed by atoms with Gasteiger partial charge >= 0.3 is 6.03 Å². The van der Waals surface area contributed by atoms with Gasteiger partial charge in [-0.25, -0.2) is 4.79 Å². The van der Waals surface area contributed by atoms with Crippen molar-refractivity contribution in [3.63, 3.8) is 0 Å². The third kappa shape index (κ3) is 3.83. The first kappa shape index (κ1) is 13.6. The van der Waals surface area contributed by atoms with Gasteiger partial charge in [0.15, 0.2) is 0 Å². The number of amides is 2. The average molecular weight is 257 g/mol. The molecule has 0 aromatic carbocycles. The molecule has 18 heavy (non-hydrogen) atoms. The van der Waals surface area contributed by atoms with Crippen LogP contribution >= 0.6 is 0 Å². The second-order valence-electron chi connectivity index (χ2n) is 5.08. The summed E-state index contributed by atoms with van der Waals surface area (Å²) in [7, 11) is 0. The van der Waals surface area contributed by atoms with Gasteiger partial charge < -0.3 is 25.8 Å². The molecule has 6 heteroatoms. The zero-order valence-corrected chi connectivity index (χ0v) is 10.7. The van der Waals surface area contributed by atoms with E-state index in [2.05, 4.69) is 10.6 Å². The molecule has 2 heterocycles. The first-order chi connectivity index (χ1) is 8.70. The highest BCUT2D eigenvalue weighted by Crippen LogP contribution is 2.34. The molecular weight excluding hydrogens is 234 g/mol. The molecule has 4 N–H and O–H groups in total. The Bertz CT molecular complexity index is 274. The summed E-state index contributed by atoms with van der Waals surface area (Å²) < 4.78 is 11.4. The third-order valence-corrected chi connectivity index (χ3v) is 3.75. The van der Waals surface area contributed by atoms with Crippen molar-refractivity contribution in [3.8, 4) is 0 Å². The standard InChI is InChI=1S/C12H23N3O3/c13-11(16)15-5-4-14-10-1-6-18-12(9-10)2-7-17-8-3-12/h10,14H,1-9H2,(H3,13,15,16). The molecule has 2 saturated heterocycles. The fraction of sp³-hybridized carbons (Fsp3) is 0.917. The fourth-order valence-corrected chi connectivity index (χ4v) is 2.76. The van der Waals surface area contributed by atoms with Crippen molar-refractivity contribution in [3.05, 3.63) is 0 Å². The predicted molar refractivity (Wildman–Crippen MR) is 67.3 cm³/mol. The van der Waals surface area contributed by atoms with Gasteiger partial charge in [0.2, 0.25) is 0 Å². The number of carbonyl (C=O) groups is 1. The molecule has 1 atom stereocenters. The lowest BCUT2D eigenvalue weighted by Crippen LogP contribution is -2.50. The lowest BCUT2D eigenvalue weighted by atomic mass is 9.84. The van der Waals surface area contributed by atoms with E-state index < -0.39 is 6.03 Å². The number of urea groups is 1. The van der Waals surface area contributed by atoms with Crippen molar-refractivity contribution in [2.45, 2.75) is 37.3 Å². The van der Waals surface area contributed by atoms with Crippen molar-refractivity contribution in [2.75, 3.05) is 32.9 Å². The molecule has 0 aliphatic carbocycles. The van der Waals surface area contributed by atoms with E-state index in [1.807, 2.05) is 0 Å². The van der Waals surface area contributed by atoms with E-state index in [0.29, 0.717) is 12.6 Å². The Kier molecular flexibility index (Phi) is 4.79. The summed E-state index contributed by atoms with van der Waals surface area (Å²) in [5, 5.41) is 6.04. The van der Waals surface area contributed by atoms with E-state index in [4.69, 9.17) is 15.2 Å². The number of hydrogen-bond acceptors (Lipinski definition) is 4. The molecule has 2 aliphatic rings. The molecule has 6 nitrogen and oxygen atoms in total. The molecule has 1 unspecified atom stereocenters. The summed E-state index contributed by atoms with van der Waals surface area (Å²) in [6.07, 6.45) is 4.04. The first-order valence-corrected chi connectivity index (χ1v) is 6.69. The van der Waals surface area contributed by atoms with Crippen LogP contribution in [-0.2, 0) is 9.47 Å². The van der Waals surface area contributed by atoms with Crippen LogP contribution < -0.4 is 16.4 Å². The van der Waals surface area contributed by atoms with Gasteiger partial charge in [-0.1, -0.05) is 0 Å². The van der Waals surface area contributed by atoms with Crippen LogP contribution in [0.4, 0.5) is 4.79 Å². The molecule has 0 radical (unpaired) electrons. The molecular formula is C12H23N3O3. The number of nitrogens with two attached hydrogens (primary N) is 1. The summed E-state index contributed by atoms with van der Waals surface area (Å²) in [5.41, 5.74) is 5.03. The number of primary amides is 1. The zero-order valence-electron chi connectivity index (χ0n) is 10.7. The van der Waals surface area contributed by atoms with E-state index in [1.54, 1.807) is 0 Å². The van der Waals surface area contributed by atoms with Crippen LogP contribution in [0.15, 0.2) is 0 Å². The van der Waals surface area contributed by atoms with Crippen LogP contribution in [0, 0.1) is 0 Å². The topological polar surface area (TPSA) is 85.6 Å². The van der Waals surface area contributed by atoms with E-state index in [0.717, 1.165) is 52.0 Å². The van der Waals surface area contributed by atoms with Gasteiger partial charge in [0, 0.05) is 39.0 Å². The number of nitrogens with one attached hydrogen (secondary N) is 2. The Balaban J connectivity index is 1.71. The summed E-state index contributed by atoms with van der Waals surface area (Å²) in [4.78, 5) is 10.5. The Morgan fingerprint density at radius 1 is 1.28 bits per heavy atom. The lowest BCUT2D eigenvalue weighted by molar-refractivity contribution is -0.140. The smallest absolute Gasteiger partial charge is 0.312 e. The number of hydrogen-bond donors (Lipinski definition) is 3. The molecule has 0 aromatic heterocycles. The van der Waals surface area contributed by atoms with E-state index >= 15 is 0 Å². The largest absolute Gasteiger partial charge is 0.381 e. The monoisotopic (exact) mass is 257 g/mol. The van der Waals surface area contributed by atoms with Crippen molar-refractivity contribution >= 4 is 6.03 Å². The van der Waals surface area contributed by atoms with Crippen LogP contribution in [0.2, 0.25) is 0 Å². The van der Waals surface area contributed by atoms with Crippen LogP contribution in [0.3, 0.4) is 0 Å². The molecule has 104 valence electrons. The summed E-state index contributed by atoms with van der Waals surface area (Å²) in [6.45, 7) is 3.73. The lowest BCUT2D eigenvalue weighted by Gasteiger charge is -2.43. The minimum atomic E-state index is -0.468. The summed E-state index contributed by atoms with van der Waals surface area (Å²) in [6, 6.07) is -0.00352. The van der Waals surface area contributed by atoms with Crippen molar-refractivity contribution in [1.29, 1.82) is 0 Å².